The molecule has 0 spiro atoms. The van der Waals surface area contributed by atoms with Crippen LogP contribution in [-0.2, 0) is 18.3 Å². The first-order valence-electron chi connectivity index (χ1n) is 12.5. The number of phosphoric acid groups is 1. The highest BCUT2D eigenvalue weighted by molar-refractivity contribution is 7.45. The molecular weight excluding hydrogens is 431 g/mol. The summed E-state index contributed by atoms with van der Waals surface area (Å²) in [6.45, 7) is 3.50. The van der Waals surface area contributed by atoms with Crippen molar-refractivity contribution < 1.29 is 32.5 Å². The summed E-state index contributed by atoms with van der Waals surface area (Å²) < 4.78 is 26.8. The molecule has 0 aromatic heterocycles. The molecule has 0 bridgehead atoms. The highest BCUT2D eigenvalue weighted by Gasteiger charge is 2.13. The van der Waals surface area contributed by atoms with Gasteiger partial charge in [-0.15, -0.1) is 0 Å². The van der Waals surface area contributed by atoms with Gasteiger partial charge in [-0.3, -0.25) is 4.57 Å². The molecule has 0 heterocycles. The molecular formula is C23H49N2O6P. The van der Waals surface area contributed by atoms with Crippen LogP contribution >= 0.6 is 7.82 Å². The predicted molar refractivity (Wildman–Crippen MR) is 127 cm³/mol. The van der Waals surface area contributed by atoms with E-state index >= 15 is 0 Å². The van der Waals surface area contributed by atoms with E-state index in [4.69, 9.17) is 13.8 Å². The monoisotopic (exact) mass is 480 g/mol. The number of rotatable bonds is 22. The van der Waals surface area contributed by atoms with Gasteiger partial charge in [-0.25, -0.2) is 4.79 Å². The van der Waals surface area contributed by atoms with E-state index in [2.05, 4.69) is 12.2 Å². The van der Waals surface area contributed by atoms with Gasteiger partial charge in [0, 0.05) is 13.0 Å². The van der Waals surface area contributed by atoms with Crippen LogP contribution in [0.15, 0.2) is 0 Å². The van der Waals surface area contributed by atoms with Gasteiger partial charge in [0.15, 0.2) is 0 Å². The van der Waals surface area contributed by atoms with Crippen LogP contribution in [0.4, 0.5) is 4.79 Å². The van der Waals surface area contributed by atoms with Crippen molar-refractivity contribution >= 4 is 13.9 Å². The summed E-state index contributed by atoms with van der Waals surface area (Å²) in [6, 6.07) is 0. The van der Waals surface area contributed by atoms with E-state index in [1.54, 1.807) is 0 Å². The number of quaternary nitrogens is 1. The molecule has 0 aromatic carbocycles. The number of hydrogen-bond acceptors (Lipinski definition) is 6. The highest BCUT2D eigenvalue weighted by atomic mass is 31.2. The summed E-state index contributed by atoms with van der Waals surface area (Å²) in [5.41, 5.74) is 0. The number of likely N-dealkylation sites (N-methyl/N-ethyl adjacent to an activating group) is 1. The molecule has 0 aromatic rings. The zero-order valence-electron chi connectivity index (χ0n) is 21.1. The van der Waals surface area contributed by atoms with Crippen LogP contribution in [-0.4, -0.2) is 64.6 Å². The number of ether oxygens (including phenoxy) is 1. The van der Waals surface area contributed by atoms with Gasteiger partial charge in [0.05, 0.1) is 34.4 Å². The molecule has 32 heavy (non-hydrogen) atoms. The Morgan fingerprint density at radius 2 is 1.28 bits per heavy atom. The van der Waals surface area contributed by atoms with E-state index in [-0.39, 0.29) is 26.2 Å². The van der Waals surface area contributed by atoms with Gasteiger partial charge in [0.2, 0.25) is 0 Å². The first-order valence-corrected chi connectivity index (χ1v) is 13.9. The third kappa shape index (κ3) is 24.0. The molecule has 1 atom stereocenters. The van der Waals surface area contributed by atoms with Gasteiger partial charge in [-0.05, 0) is 6.42 Å². The highest BCUT2D eigenvalue weighted by Crippen LogP contribution is 2.38. The van der Waals surface area contributed by atoms with E-state index in [0.29, 0.717) is 17.6 Å². The van der Waals surface area contributed by atoms with Crippen LogP contribution in [0.3, 0.4) is 0 Å². The minimum absolute atomic E-state index is 0.0717. The maximum Gasteiger partial charge on any atom is 0.407 e. The van der Waals surface area contributed by atoms with E-state index in [9.17, 15) is 14.3 Å². The Kier molecular flexibility index (Phi) is 19.4. The molecule has 9 heteroatoms. The van der Waals surface area contributed by atoms with Crippen molar-refractivity contribution in [3.8, 4) is 0 Å². The van der Waals surface area contributed by atoms with E-state index in [1.165, 1.54) is 64.2 Å². The Bertz CT molecular complexity index is 499. The predicted octanol–water partition coefficient (Wildman–Crippen LogP) is 5.01. The molecule has 1 N–H and O–H groups in total. The molecule has 0 saturated carbocycles. The summed E-state index contributed by atoms with van der Waals surface area (Å²) in [7, 11) is 1.53. The van der Waals surface area contributed by atoms with Gasteiger partial charge in [0.1, 0.15) is 13.2 Å². The fraction of sp³-hybridized carbons (Fsp3) is 0.957. The lowest BCUT2D eigenvalue weighted by Gasteiger charge is -2.27. The van der Waals surface area contributed by atoms with Crippen LogP contribution in [0.2, 0.25) is 0 Å². The molecule has 0 aliphatic carbocycles. The van der Waals surface area contributed by atoms with Gasteiger partial charge < -0.3 is 28.5 Å². The van der Waals surface area contributed by atoms with Gasteiger partial charge in [0.25, 0.3) is 7.82 Å². The Hall–Kier alpha value is -0.660. The van der Waals surface area contributed by atoms with Crippen molar-refractivity contribution in [1.29, 1.82) is 0 Å². The fourth-order valence-corrected chi connectivity index (χ4v) is 3.80. The van der Waals surface area contributed by atoms with Crippen molar-refractivity contribution in [3.05, 3.63) is 0 Å². The summed E-state index contributed by atoms with van der Waals surface area (Å²) in [5.74, 6) is 0. The maximum absolute atomic E-state index is 11.6. The second kappa shape index (κ2) is 19.8. The van der Waals surface area contributed by atoms with Crippen molar-refractivity contribution in [2.45, 2.75) is 90.4 Å². The summed E-state index contributed by atoms with van der Waals surface area (Å²) >= 11 is 0. The molecule has 0 aliphatic rings. The third-order valence-corrected chi connectivity index (χ3v) is 6.08. The van der Waals surface area contributed by atoms with Crippen LogP contribution < -0.4 is 10.2 Å². The summed E-state index contributed by atoms with van der Waals surface area (Å²) in [4.78, 5) is 23.2. The smallest absolute Gasteiger partial charge is 0.407 e. The number of nitrogens with one attached hydrogen (secondary N) is 1. The lowest BCUT2D eigenvalue weighted by Crippen LogP contribution is -2.37. The fourth-order valence-electron chi connectivity index (χ4n) is 3.07. The minimum Gasteiger partial charge on any atom is -0.756 e. The van der Waals surface area contributed by atoms with Gasteiger partial charge in [-0.2, -0.15) is 0 Å². The molecule has 1 unspecified atom stereocenters. The van der Waals surface area contributed by atoms with E-state index in [0.717, 1.165) is 12.8 Å². The SMILES string of the molecule is CCCCCCCCCCCCCCNC(=O)OCCCOP(=O)([O-])OCC[N+](C)(C)C. The number of alkyl carbamates (subject to hydrolysis) is 1. The number of phosphoric ester groups is 1. The van der Waals surface area contributed by atoms with Crippen molar-refractivity contribution in [2.75, 3.05) is 54.1 Å². The number of nitrogens with zero attached hydrogens (tertiary/aromatic N) is 1. The number of carbonyl (C=O) groups is 1. The van der Waals surface area contributed by atoms with Gasteiger partial charge >= 0.3 is 6.09 Å². The zero-order chi connectivity index (χ0) is 24.1. The lowest BCUT2D eigenvalue weighted by molar-refractivity contribution is -0.870. The molecule has 0 saturated heterocycles. The summed E-state index contributed by atoms with van der Waals surface area (Å²) in [6.07, 6.45) is 15.2. The maximum atomic E-state index is 11.6. The van der Waals surface area contributed by atoms with Crippen LogP contribution in [0, 0.1) is 0 Å². The average Bonchev–Trinajstić information content (AvgIpc) is 2.70. The summed E-state index contributed by atoms with van der Waals surface area (Å²) in [5, 5.41) is 2.72. The molecule has 0 radical (unpaired) electrons. The second-order valence-corrected chi connectivity index (χ2v) is 10.8. The Labute approximate surface area is 196 Å². The average molecular weight is 481 g/mol. The second-order valence-electron chi connectivity index (χ2n) is 9.43. The molecule has 1 amide bonds. The Balaban J connectivity index is 3.42. The lowest BCUT2D eigenvalue weighted by atomic mass is 10.1. The molecule has 0 rings (SSSR count). The van der Waals surface area contributed by atoms with Crippen LogP contribution in [0.1, 0.15) is 90.4 Å². The van der Waals surface area contributed by atoms with Crippen LogP contribution in [0.25, 0.3) is 0 Å². The Morgan fingerprint density at radius 3 is 1.81 bits per heavy atom. The van der Waals surface area contributed by atoms with Gasteiger partial charge in [-0.1, -0.05) is 77.6 Å². The van der Waals surface area contributed by atoms with Crippen molar-refractivity contribution in [1.82, 2.24) is 5.32 Å². The first kappa shape index (κ1) is 31.3. The third-order valence-electron chi connectivity index (χ3n) is 5.08. The molecule has 192 valence electrons. The number of hydrogen-bond donors (Lipinski definition) is 1. The number of carbonyl (C=O) groups excluding carboxylic acids is 1. The zero-order valence-corrected chi connectivity index (χ0v) is 22.0. The van der Waals surface area contributed by atoms with Crippen molar-refractivity contribution in [3.63, 3.8) is 0 Å². The molecule has 0 aliphatic heterocycles. The van der Waals surface area contributed by atoms with E-state index in [1.807, 2.05) is 21.1 Å². The molecule has 0 fully saturated rings. The standard InChI is InChI=1S/C23H49N2O6P/c1-5-6-7-8-9-10-11-12-13-14-15-16-18-24-23(26)29-20-17-21-30-32(27,28)31-22-19-25(2,3)4/h5-22H2,1-4H3,(H-,24,26,27,28). The quantitative estimate of drug-likeness (QED) is 0.133. The minimum atomic E-state index is -4.30. The van der Waals surface area contributed by atoms with Crippen LogP contribution in [0.5, 0.6) is 0 Å². The van der Waals surface area contributed by atoms with Crippen molar-refractivity contribution in [2.24, 2.45) is 0 Å². The number of amides is 1. The normalized spacial score (nSPS) is 13.7. The Morgan fingerprint density at radius 1 is 0.781 bits per heavy atom. The van der Waals surface area contributed by atoms with E-state index < -0.39 is 13.9 Å². The molecule has 8 nitrogen and oxygen atoms in total. The topological polar surface area (TPSA) is 96.9 Å². The number of unbranched alkanes of at least 4 members (excludes halogenated alkanes) is 11. The first-order chi connectivity index (χ1) is 15.2. The largest absolute Gasteiger partial charge is 0.756 e.